The van der Waals surface area contributed by atoms with Gasteiger partial charge in [-0.3, -0.25) is 11.5 Å². The Kier molecular flexibility index (Phi) is 3.60. The molecule has 0 aliphatic carbocycles. The Morgan fingerprint density at radius 2 is 1.21 bits per heavy atom. The molecule has 24 heavy (non-hydrogen) atoms. The number of hydrogen-bond acceptors (Lipinski definition) is 3. The minimum atomic E-state index is -1.28. The Labute approximate surface area is 141 Å². The summed E-state index contributed by atoms with van der Waals surface area (Å²) in [6.45, 7) is 0. The number of hydrogen-bond donors (Lipinski definition) is 2. The highest BCUT2D eigenvalue weighted by Gasteiger charge is 2.46. The highest BCUT2D eigenvalue weighted by Crippen LogP contribution is 2.49. The van der Waals surface area contributed by atoms with E-state index < -0.39 is 5.85 Å². The van der Waals surface area contributed by atoms with Crippen molar-refractivity contribution in [1.82, 2.24) is 0 Å². The highest BCUT2D eigenvalue weighted by molar-refractivity contribution is 5.49. The topological polar surface area (TPSA) is 61.3 Å². The Morgan fingerprint density at radius 3 is 1.88 bits per heavy atom. The molecular formula is C21H20N2O. The Hall–Kier alpha value is -2.62. The minimum absolute atomic E-state index is 0.0357. The molecule has 0 amide bonds. The third kappa shape index (κ3) is 2.48. The lowest BCUT2D eigenvalue weighted by Gasteiger charge is -2.44. The van der Waals surface area contributed by atoms with Crippen molar-refractivity contribution in [2.75, 3.05) is 0 Å². The van der Waals surface area contributed by atoms with Crippen LogP contribution < -0.4 is 16.2 Å². The van der Waals surface area contributed by atoms with Crippen LogP contribution in [0.2, 0.25) is 0 Å². The second-order valence-corrected chi connectivity index (χ2v) is 6.27. The van der Waals surface area contributed by atoms with Gasteiger partial charge in [-0.25, -0.2) is 0 Å². The summed E-state index contributed by atoms with van der Waals surface area (Å²) in [6, 6.07) is 28.5. The van der Waals surface area contributed by atoms with Crippen LogP contribution in [0.4, 0.5) is 0 Å². The van der Waals surface area contributed by atoms with Crippen molar-refractivity contribution in [3.8, 4) is 5.75 Å². The van der Waals surface area contributed by atoms with E-state index in [4.69, 9.17) is 16.2 Å². The molecule has 1 aliphatic rings. The van der Waals surface area contributed by atoms with E-state index in [1.165, 1.54) is 5.56 Å². The lowest BCUT2D eigenvalue weighted by atomic mass is 9.72. The van der Waals surface area contributed by atoms with Crippen LogP contribution in [0.5, 0.6) is 5.75 Å². The van der Waals surface area contributed by atoms with E-state index in [0.29, 0.717) is 0 Å². The zero-order valence-corrected chi connectivity index (χ0v) is 13.3. The minimum Gasteiger partial charge on any atom is -0.459 e. The number of benzene rings is 3. The van der Waals surface area contributed by atoms with Crippen LogP contribution in [0.15, 0.2) is 84.9 Å². The summed E-state index contributed by atoms with van der Waals surface area (Å²) in [4.78, 5) is 0. The van der Waals surface area contributed by atoms with Crippen molar-refractivity contribution in [3.05, 3.63) is 102 Å². The molecule has 120 valence electrons. The largest absolute Gasteiger partial charge is 0.459 e. The SMILES string of the molecule is NC1(N)Oc2ccccc2[C@@H](c2ccccc2)[C@@H]1c1ccccc1. The lowest BCUT2D eigenvalue weighted by molar-refractivity contribution is 0.0290. The van der Waals surface area contributed by atoms with Crippen molar-refractivity contribution in [1.29, 1.82) is 0 Å². The second-order valence-electron chi connectivity index (χ2n) is 6.27. The van der Waals surface area contributed by atoms with Gasteiger partial charge in [-0.1, -0.05) is 78.9 Å². The third-order valence-electron chi connectivity index (χ3n) is 4.68. The normalized spacial score (nSPS) is 21.6. The van der Waals surface area contributed by atoms with E-state index in [0.717, 1.165) is 16.9 Å². The van der Waals surface area contributed by atoms with Crippen LogP contribution in [-0.4, -0.2) is 5.85 Å². The average Bonchev–Trinajstić information content (AvgIpc) is 2.61. The molecule has 0 spiro atoms. The van der Waals surface area contributed by atoms with Crippen LogP contribution in [0.25, 0.3) is 0 Å². The lowest BCUT2D eigenvalue weighted by Crippen LogP contribution is -2.62. The maximum atomic E-state index is 6.45. The molecule has 0 saturated heterocycles. The first kappa shape index (κ1) is 14.9. The predicted octanol–water partition coefficient (Wildman–Crippen LogP) is 3.57. The monoisotopic (exact) mass is 316 g/mol. The zero-order valence-electron chi connectivity index (χ0n) is 13.3. The fraction of sp³-hybridized carbons (Fsp3) is 0.143. The molecule has 0 radical (unpaired) electrons. The maximum absolute atomic E-state index is 6.45. The van der Waals surface area contributed by atoms with Crippen molar-refractivity contribution in [2.45, 2.75) is 17.7 Å². The van der Waals surface area contributed by atoms with E-state index in [1.54, 1.807) is 0 Å². The molecule has 0 fully saturated rings. The summed E-state index contributed by atoms with van der Waals surface area (Å²) in [5.74, 6) is -0.677. The molecule has 3 aromatic rings. The number of ether oxygens (including phenoxy) is 1. The first-order chi connectivity index (χ1) is 11.7. The van der Waals surface area contributed by atoms with Gasteiger partial charge in [0.2, 0.25) is 5.85 Å². The predicted molar refractivity (Wildman–Crippen MR) is 95.6 cm³/mol. The summed E-state index contributed by atoms with van der Waals surface area (Å²) in [5.41, 5.74) is 16.3. The molecule has 3 aromatic carbocycles. The average molecular weight is 316 g/mol. The van der Waals surface area contributed by atoms with Crippen molar-refractivity contribution in [3.63, 3.8) is 0 Å². The van der Waals surface area contributed by atoms with Crippen molar-refractivity contribution in [2.24, 2.45) is 11.5 Å². The van der Waals surface area contributed by atoms with Gasteiger partial charge in [-0.2, -0.15) is 0 Å². The van der Waals surface area contributed by atoms with Gasteiger partial charge in [-0.05, 0) is 17.2 Å². The fourth-order valence-corrected chi connectivity index (χ4v) is 3.67. The van der Waals surface area contributed by atoms with Gasteiger partial charge in [0.1, 0.15) is 5.75 Å². The quantitative estimate of drug-likeness (QED) is 0.711. The van der Waals surface area contributed by atoms with Crippen LogP contribution in [-0.2, 0) is 0 Å². The summed E-state index contributed by atoms with van der Waals surface area (Å²) in [7, 11) is 0. The van der Waals surface area contributed by atoms with Crippen LogP contribution in [0.1, 0.15) is 28.5 Å². The summed E-state index contributed by atoms with van der Waals surface area (Å²) in [6.07, 6.45) is 0. The van der Waals surface area contributed by atoms with E-state index >= 15 is 0 Å². The maximum Gasteiger partial charge on any atom is 0.220 e. The number of nitrogens with two attached hydrogens (primary N) is 2. The van der Waals surface area contributed by atoms with Crippen molar-refractivity contribution >= 4 is 0 Å². The molecule has 3 nitrogen and oxygen atoms in total. The van der Waals surface area contributed by atoms with Crippen LogP contribution >= 0.6 is 0 Å². The van der Waals surface area contributed by atoms with E-state index in [9.17, 15) is 0 Å². The van der Waals surface area contributed by atoms with Gasteiger partial charge in [-0.15, -0.1) is 0 Å². The molecule has 4 rings (SSSR count). The Bertz CT molecular complexity index is 831. The van der Waals surface area contributed by atoms with Gasteiger partial charge in [0.15, 0.2) is 0 Å². The van der Waals surface area contributed by atoms with E-state index in [-0.39, 0.29) is 11.8 Å². The molecule has 1 aliphatic heterocycles. The molecule has 3 heteroatoms. The Balaban J connectivity index is 1.95. The van der Waals surface area contributed by atoms with Crippen molar-refractivity contribution < 1.29 is 4.74 Å². The molecule has 0 aromatic heterocycles. The number of para-hydroxylation sites is 1. The molecule has 2 atom stereocenters. The molecule has 0 unspecified atom stereocenters. The van der Waals surface area contributed by atoms with Crippen LogP contribution in [0.3, 0.4) is 0 Å². The van der Waals surface area contributed by atoms with Gasteiger partial charge in [0.05, 0.1) is 5.92 Å². The number of fused-ring (bicyclic) bond motifs is 1. The fourth-order valence-electron chi connectivity index (χ4n) is 3.67. The molecule has 0 saturated carbocycles. The zero-order chi connectivity index (χ0) is 16.6. The standard InChI is InChI=1S/C21H20N2O/c22-21(23)20(16-11-5-2-6-12-16)19(15-9-3-1-4-10-15)17-13-7-8-14-18(17)24-21/h1-14,19-20H,22-23H2/t19-,20+/m1/s1. The van der Waals surface area contributed by atoms with E-state index in [1.807, 2.05) is 54.6 Å². The summed E-state index contributed by atoms with van der Waals surface area (Å²) < 4.78 is 5.99. The van der Waals surface area contributed by atoms with E-state index in [2.05, 4.69) is 30.3 Å². The summed E-state index contributed by atoms with van der Waals surface area (Å²) in [5, 5.41) is 0. The molecule has 1 heterocycles. The van der Waals surface area contributed by atoms with Gasteiger partial charge < -0.3 is 4.74 Å². The summed E-state index contributed by atoms with van der Waals surface area (Å²) >= 11 is 0. The van der Waals surface area contributed by atoms with Crippen LogP contribution in [0, 0.1) is 0 Å². The number of rotatable bonds is 2. The first-order valence-corrected chi connectivity index (χ1v) is 8.12. The Morgan fingerprint density at radius 1 is 0.667 bits per heavy atom. The second kappa shape index (κ2) is 5.78. The first-order valence-electron chi connectivity index (χ1n) is 8.12. The van der Waals surface area contributed by atoms with Gasteiger partial charge in [0.25, 0.3) is 0 Å². The molecule has 4 N–H and O–H groups in total. The highest BCUT2D eigenvalue weighted by atomic mass is 16.5. The molecular weight excluding hydrogens is 296 g/mol. The molecule has 0 bridgehead atoms. The van der Waals surface area contributed by atoms with Gasteiger partial charge in [0, 0.05) is 11.5 Å². The third-order valence-corrected chi connectivity index (χ3v) is 4.68. The smallest absolute Gasteiger partial charge is 0.220 e. The van der Waals surface area contributed by atoms with Gasteiger partial charge >= 0.3 is 0 Å².